The maximum atomic E-state index is 11.7. The van der Waals surface area contributed by atoms with Crippen molar-refractivity contribution in [3.05, 3.63) is 23.2 Å². The number of sulfonamides is 1. The summed E-state index contributed by atoms with van der Waals surface area (Å²) in [7, 11) is -3.82. The first-order valence-electron chi connectivity index (χ1n) is 6.22. The van der Waals surface area contributed by atoms with Crippen molar-refractivity contribution < 1.29 is 13.2 Å². The molecule has 0 heterocycles. The normalized spacial score (nSPS) is 15.1. The van der Waals surface area contributed by atoms with Gasteiger partial charge in [0.2, 0.25) is 15.9 Å². The van der Waals surface area contributed by atoms with Crippen LogP contribution in [-0.2, 0) is 14.8 Å². The van der Waals surface area contributed by atoms with Crippen molar-refractivity contribution in [2.75, 3.05) is 11.9 Å². The zero-order valence-corrected chi connectivity index (χ0v) is 12.3. The Labute approximate surface area is 122 Å². The van der Waals surface area contributed by atoms with E-state index in [0.29, 0.717) is 19.0 Å². The number of rotatable bonds is 6. The van der Waals surface area contributed by atoms with Gasteiger partial charge in [0, 0.05) is 19.0 Å². The lowest BCUT2D eigenvalue weighted by Crippen LogP contribution is -2.23. The van der Waals surface area contributed by atoms with Crippen LogP contribution >= 0.6 is 11.6 Å². The minimum atomic E-state index is -3.82. The van der Waals surface area contributed by atoms with E-state index in [1.807, 2.05) is 0 Å². The largest absolute Gasteiger partial charge is 0.325 e. The molecule has 0 aliphatic heterocycles. The number of amides is 1. The van der Waals surface area contributed by atoms with Crippen LogP contribution < -0.4 is 15.8 Å². The predicted molar refractivity (Wildman–Crippen MR) is 77.1 cm³/mol. The van der Waals surface area contributed by atoms with E-state index in [-0.39, 0.29) is 21.5 Å². The Kier molecular flexibility index (Phi) is 4.64. The van der Waals surface area contributed by atoms with Gasteiger partial charge in [-0.25, -0.2) is 13.6 Å². The van der Waals surface area contributed by atoms with Gasteiger partial charge in [-0.2, -0.15) is 0 Å². The average molecular weight is 318 g/mol. The Morgan fingerprint density at radius 2 is 2.10 bits per heavy atom. The molecule has 1 aromatic carbocycles. The van der Waals surface area contributed by atoms with E-state index in [1.165, 1.54) is 18.2 Å². The lowest BCUT2D eigenvalue weighted by Gasteiger charge is -2.09. The van der Waals surface area contributed by atoms with E-state index < -0.39 is 10.0 Å². The molecule has 1 aliphatic rings. The van der Waals surface area contributed by atoms with Gasteiger partial charge >= 0.3 is 0 Å². The smallest absolute Gasteiger partial charge is 0.238 e. The number of benzene rings is 1. The van der Waals surface area contributed by atoms with Crippen LogP contribution in [0.15, 0.2) is 23.1 Å². The summed E-state index contributed by atoms with van der Waals surface area (Å²) in [5.74, 6) is -0.230. The van der Waals surface area contributed by atoms with Crippen molar-refractivity contribution >= 4 is 33.2 Å². The van der Waals surface area contributed by atoms with Gasteiger partial charge in [0.15, 0.2) is 0 Å². The molecule has 1 aromatic rings. The van der Waals surface area contributed by atoms with Crippen LogP contribution in [0.1, 0.15) is 19.3 Å². The number of anilines is 1. The Morgan fingerprint density at radius 3 is 2.70 bits per heavy atom. The highest BCUT2D eigenvalue weighted by molar-refractivity contribution is 7.89. The number of carbonyl (C=O) groups excluding carboxylic acids is 1. The topological polar surface area (TPSA) is 101 Å². The van der Waals surface area contributed by atoms with Crippen LogP contribution in [0.3, 0.4) is 0 Å². The molecule has 1 fully saturated rings. The van der Waals surface area contributed by atoms with Crippen LogP contribution in [-0.4, -0.2) is 26.9 Å². The van der Waals surface area contributed by atoms with Gasteiger partial charge in [0.05, 0.1) is 15.6 Å². The number of hydrogen-bond donors (Lipinski definition) is 3. The van der Waals surface area contributed by atoms with Crippen LogP contribution in [0.5, 0.6) is 0 Å². The minimum Gasteiger partial charge on any atom is -0.325 e. The van der Waals surface area contributed by atoms with Gasteiger partial charge in [-0.05, 0) is 31.0 Å². The molecule has 110 valence electrons. The molecule has 2 rings (SSSR count). The Morgan fingerprint density at radius 1 is 1.40 bits per heavy atom. The van der Waals surface area contributed by atoms with E-state index in [9.17, 15) is 13.2 Å². The van der Waals surface area contributed by atoms with E-state index in [0.717, 1.165) is 12.8 Å². The van der Waals surface area contributed by atoms with Crippen molar-refractivity contribution in [3.63, 3.8) is 0 Å². The molecule has 0 spiro atoms. The number of halogens is 1. The standard InChI is InChI=1S/C12H16ClN3O3S/c13-10-4-3-9(20(14,18)19)7-11(10)16-12(17)5-6-15-8-1-2-8/h3-4,7-8,15H,1-2,5-6H2,(H,16,17)(H2,14,18,19). The molecule has 0 unspecified atom stereocenters. The fourth-order valence-electron chi connectivity index (χ4n) is 1.67. The van der Waals surface area contributed by atoms with Gasteiger partial charge < -0.3 is 10.6 Å². The van der Waals surface area contributed by atoms with Crippen molar-refractivity contribution in [2.45, 2.75) is 30.2 Å². The van der Waals surface area contributed by atoms with Crippen molar-refractivity contribution in [2.24, 2.45) is 5.14 Å². The second-order valence-corrected chi connectivity index (χ2v) is 6.68. The minimum absolute atomic E-state index is 0.0895. The first-order chi connectivity index (χ1) is 9.36. The summed E-state index contributed by atoms with van der Waals surface area (Å²) in [6.07, 6.45) is 2.61. The summed E-state index contributed by atoms with van der Waals surface area (Å²) in [4.78, 5) is 11.6. The van der Waals surface area contributed by atoms with Crippen molar-refractivity contribution in [1.82, 2.24) is 5.32 Å². The van der Waals surface area contributed by atoms with E-state index >= 15 is 0 Å². The van der Waals surface area contributed by atoms with Gasteiger partial charge in [-0.15, -0.1) is 0 Å². The number of nitrogens with one attached hydrogen (secondary N) is 2. The van der Waals surface area contributed by atoms with Crippen LogP contribution in [0.25, 0.3) is 0 Å². The highest BCUT2D eigenvalue weighted by Gasteiger charge is 2.20. The molecule has 1 amide bonds. The highest BCUT2D eigenvalue weighted by Crippen LogP contribution is 2.25. The van der Waals surface area contributed by atoms with Gasteiger partial charge in [-0.3, -0.25) is 4.79 Å². The first-order valence-corrected chi connectivity index (χ1v) is 8.14. The van der Waals surface area contributed by atoms with Crippen LogP contribution in [0, 0.1) is 0 Å². The third-order valence-corrected chi connectivity index (χ3v) is 4.14. The summed E-state index contributed by atoms with van der Waals surface area (Å²) in [5.41, 5.74) is 0.245. The lowest BCUT2D eigenvalue weighted by atomic mass is 10.3. The highest BCUT2D eigenvalue weighted by atomic mass is 35.5. The number of carbonyl (C=O) groups is 1. The lowest BCUT2D eigenvalue weighted by molar-refractivity contribution is -0.116. The van der Waals surface area contributed by atoms with Crippen LogP contribution in [0.4, 0.5) is 5.69 Å². The second-order valence-electron chi connectivity index (χ2n) is 4.71. The van der Waals surface area contributed by atoms with Gasteiger partial charge in [-0.1, -0.05) is 11.6 Å². The Bertz CT molecular complexity index is 614. The molecule has 0 radical (unpaired) electrons. The van der Waals surface area contributed by atoms with Crippen molar-refractivity contribution in [1.29, 1.82) is 0 Å². The molecule has 20 heavy (non-hydrogen) atoms. The molecule has 8 heteroatoms. The average Bonchev–Trinajstić information content (AvgIpc) is 3.14. The number of primary sulfonamides is 1. The SMILES string of the molecule is NS(=O)(=O)c1ccc(Cl)c(NC(=O)CCNC2CC2)c1. The zero-order valence-electron chi connectivity index (χ0n) is 10.7. The van der Waals surface area contributed by atoms with E-state index in [4.69, 9.17) is 16.7 Å². The fraction of sp³-hybridized carbons (Fsp3) is 0.417. The van der Waals surface area contributed by atoms with Crippen molar-refractivity contribution in [3.8, 4) is 0 Å². The second kappa shape index (κ2) is 6.09. The maximum Gasteiger partial charge on any atom is 0.238 e. The molecule has 6 nitrogen and oxygen atoms in total. The summed E-state index contributed by atoms with van der Waals surface area (Å²) in [6.45, 7) is 0.586. The predicted octanol–water partition coefficient (Wildman–Crippen LogP) is 1.07. The molecular weight excluding hydrogens is 302 g/mol. The molecule has 0 bridgehead atoms. The quantitative estimate of drug-likeness (QED) is 0.730. The first kappa shape index (κ1) is 15.2. The molecule has 0 atom stereocenters. The summed E-state index contributed by atoms with van der Waals surface area (Å²) < 4.78 is 22.5. The van der Waals surface area contributed by atoms with Crippen LogP contribution in [0.2, 0.25) is 5.02 Å². The van der Waals surface area contributed by atoms with E-state index in [2.05, 4.69) is 10.6 Å². The van der Waals surface area contributed by atoms with Gasteiger partial charge in [0.1, 0.15) is 0 Å². The van der Waals surface area contributed by atoms with E-state index in [1.54, 1.807) is 0 Å². The third kappa shape index (κ3) is 4.45. The molecule has 4 N–H and O–H groups in total. The number of nitrogens with two attached hydrogens (primary N) is 1. The summed E-state index contributed by atoms with van der Waals surface area (Å²) in [6, 6.07) is 4.47. The zero-order chi connectivity index (χ0) is 14.8. The third-order valence-electron chi connectivity index (χ3n) is 2.90. The molecule has 0 aromatic heterocycles. The number of hydrogen-bond acceptors (Lipinski definition) is 4. The summed E-state index contributed by atoms with van der Waals surface area (Å²) >= 11 is 5.92. The monoisotopic (exact) mass is 317 g/mol. The van der Waals surface area contributed by atoms with Gasteiger partial charge in [0.25, 0.3) is 0 Å². The fourth-order valence-corrected chi connectivity index (χ4v) is 2.37. The Balaban J connectivity index is 1.98. The molecule has 1 saturated carbocycles. The molecule has 0 saturated heterocycles. The molecule has 1 aliphatic carbocycles. The molecular formula is C12H16ClN3O3S. The Hall–Kier alpha value is -1.15. The maximum absolute atomic E-state index is 11.7. The summed E-state index contributed by atoms with van der Waals surface area (Å²) in [5, 5.41) is 11.1.